The maximum Gasteiger partial charge on any atom is 0.164 e. The van der Waals surface area contributed by atoms with Gasteiger partial charge in [0.1, 0.15) is 11.2 Å². The predicted octanol–water partition coefficient (Wildman–Crippen LogP) is 9.45. The third-order valence-corrected chi connectivity index (χ3v) is 8.34. The molecule has 0 amide bonds. The fourth-order valence-electron chi connectivity index (χ4n) is 5.42. The van der Waals surface area contributed by atoms with Crippen LogP contribution in [0.1, 0.15) is 5.56 Å². The lowest BCUT2D eigenvalue weighted by molar-refractivity contribution is 0.669. The summed E-state index contributed by atoms with van der Waals surface area (Å²) in [6.07, 6.45) is 0. The summed E-state index contributed by atoms with van der Waals surface area (Å²) in [7, 11) is 0. The van der Waals surface area contributed by atoms with Gasteiger partial charge < -0.3 is 4.42 Å². The molecule has 4 nitrogen and oxygen atoms in total. The summed E-state index contributed by atoms with van der Waals surface area (Å²) in [5.74, 6) is 1.94. The van der Waals surface area contributed by atoms with Crippen LogP contribution in [0.3, 0.4) is 0 Å². The number of nitrogens with zero attached hydrogens (tertiary/aromatic N) is 3. The fraction of sp³-hybridized carbons (Fsp3) is 0.0294. The Morgan fingerprint density at radius 1 is 0.538 bits per heavy atom. The van der Waals surface area contributed by atoms with Crippen LogP contribution in [0.5, 0.6) is 0 Å². The zero-order chi connectivity index (χ0) is 25.9. The SMILES string of the molecule is Cc1ccc2oc3cccc(-c4nc(-c5ccccc5)nc(-c5cccc6sc7ccccc7c56)n4)c3c2c1. The van der Waals surface area contributed by atoms with Gasteiger partial charge in [-0.05, 0) is 37.3 Å². The Labute approximate surface area is 228 Å². The molecular formula is C34H21N3OS. The molecule has 5 aromatic carbocycles. The summed E-state index contributed by atoms with van der Waals surface area (Å²) >= 11 is 1.79. The Balaban J connectivity index is 1.46. The smallest absolute Gasteiger partial charge is 0.164 e. The molecule has 3 aromatic heterocycles. The van der Waals surface area contributed by atoms with E-state index in [9.17, 15) is 0 Å². The van der Waals surface area contributed by atoms with Crippen molar-refractivity contribution in [3.8, 4) is 34.2 Å². The number of rotatable bonds is 3. The molecular weight excluding hydrogens is 498 g/mol. The number of hydrogen-bond acceptors (Lipinski definition) is 5. The minimum Gasteiger partial charge on any atom is -0.456 e. The molecule has 39 heavy (non-hydrogen) atoms. The van der Waals surface area contributed by atoms with Gasteiger partial charge in [0.2, 0.25) is 0 Å². The van der Waals surface area contributed by atoms with Gasteiger partial charge in [-0.3, -0.25) is 0 Å². The Morgan fingerprint density at radius 3 is 2.08 bits per heavy atom. The molecule has 8 aromatic rings. The second-order valence-corrected chi connectivity index (χ2v) is 10.8. The Bertz CT molecular complexity index is 2190. The van der Waals surface area contributed by atoms with Crippen molar-refractivity contribution in [3.05, 3.63) is 115 Å². The second kappa shape index (κ2) is 8.58. The molecule has 184 valence electrons. The van der Waals surface area contributed by atoms with Crippen LogP contribution in [0.25, 0.3) is 76.3 Å². The van der Waals surface area contributed by atoms with Crippen molar-refractivity contribution in [3.63, 3.8) is 0 Å². The average molecular weight is 520 g/mol. The molecule has 0 bridgehead atoms. The van der Waals surface area contributed by atoms with Gasteiger partial charge in [0.05, 0.1) is 0 Å². The van der Waals surface area contributed by atoms with Gasteiger partial charge in [-0.15, -0.1) is 11.3 Å². The average Bonchev–Trinajstić information content (AvgIpc) is 3.55. The molecule has 0 fully saturated rings. The van der Waals surface area contributed by atoms with Crippen molar-refractivity contribution in [2.45, 2.75) is 6.92 Å². The Morgan fingerprint density at radius 2 is 1.23 bits per heavy atom. The van der Waals surface area contributed by atoms with Crippen molar-refractivity contribution in [2.75, 3.05) is 0 Å². The van der Waals surface area contributed by atoms with E-state index in [-0.39, 0.29) is 0 Å². The molecule has 0 aliphatic carbocycles. The first kappa shape index (κ1) is 22.1. The summed E-state index contributed by atoms with van der Waals surface area (Å²) in [4.78, 5) is 15.2. The van der Waals surface area contributed by atoms with Gasteiger partial charge in [-0.25, -0.2) is 15.0 Å². The summed E-state index contributed by atoms with van der Waals surface area (Å²) in [5.41, 5.74) is 5.74. The zero-order valence-corrected chi connectivity index (χ0v) is 21.9. The van der Waals surface area contributed by atoms with Crippen LogP contribution >= 0.6 is 11.3 Å². The monoisotopic (exact) mass is 519 g/mol. The van der Waals surface area contributed by atoms with Crippen LogP contribution in [0.15, 0.2) is 114 Å². The number of fused-ring (bicyclic) bond motifs is 6. The third kappa shape index (κ3) is 3.55. The lowest BCUT2D eigenvalue weighted by Gasteiger charge is -2.10. The van der Waals surface area contributed by atoms with E-state index < -0.39 is 0 Å². The van der Waals surface area contributed by atoms with Crippen LogP contribution in [-0.2, 0) is 0 Å². The molecule has 0 spiro atoms. The number of thiophene rings is 1. The lowest BCUT2D eigenvalue weighted by Crippen LogP contribution is -2.00. The van der Waals surface area contributed by atoms with Crippen LogP contribution in [0.2, 0.25) is 0 Å². The highest BCUT2D eigenvalue weighted by Gasteiger charge is 2.19. The first-order valence-electron chi connectivity index (χ1n) is 12.9. The van der Waals surface area contributed by atoms with Crippen molar-refractivity contribution < 1.29 is 4.42 Å². The molecule has 0 radical (unpaired) electrons. The number of aromatic nitrogens is 3. The second-order valence-electron chi connectivity index (χ2n) is 9.73. The standard InChI is InChI=1S/C34H21N3OS/c1-20-17-18-26-25(19-20)30-23(12-7-14-27(30)38-26)33-35-32(21-9-3-2-4-10-21)36-34(37-33)24-13-8-16-29-31(24)22-11-5-6-15-28(22)39-29/h2-19H,1H3. The largest absolute Gasteiger partial charge is 0.456 e. The zero-order valence-electron chi connectivity index (χ0n) is 21.1. The minimum absolute atomic E-state index is 0.630. The summed E-state index contributed by atoms with van der Waals surface area (Å²) in [6, 6.07) is 37.4. The highest BCUT2D eigenvalue weighted by Crippen LogP contribution is 2.41. The number of aryl methyl sites for hydroxylation is 1. The number of hydrogen-bond donors (Lipinski definition) is 0. The van der Waals surface area contributed by atoms with E-state index in [0.717, 1.165) is 38.6 Å². The van der Waals surface area contributed by atoms with Crippen LogP contribution < -0.4 is 0 Å². The summed E-state index contributed by atoms with van der Waals surface area (Å²) < 4.78 is 8.70. The predicted molar refractivity (Wildman–Crippen MR) is 161 cm³/mol. The lowest BCUT2D eigenvalue weighted by atomic mass is 10.0. The van der Waals surface area contributed by atoms with E-state index in [0.29, 0.717) is 17.5 Å². The van der Waals surface area contributed by atoms with E-state index in [4.69, 9.17) is 19.4 Å². The highest BCUT2D eigenvalue weighted by molar-refractivity contribution is 7.25. The van der Waals surface area contributed by atoms with Crippen LogP contribution in [-0.4, -0.2) is 15.0 Å². The van der Waals surface area contributed by atoms with Crippen LogP contribution in [0, 0.1) is 6.92 Å². The maximum atomic E-state index is 6.22. The van der Waals surface area contributed by atoms with Gasteiger partial charge in [0.15, 0.2) is 17.5 Å². The van der Waals surface area contributed by atoms with Crippen molar-refractivity contribution in [1.29, 1.82) is 0 Å². The summed E-state index contributed by atoms with van der Waals surface area (Å²) in [6.45, 7) is 2.10. The molecule has 0 aliphatic rings. The molecule has 3 heterocycles. The van der Waals surface area contributed by atoms with E-state index in [1.807, 2.05) is 48.5 Å². The van der Waals surface area contributed by atoms with E-state index in [2.05, 4.69) is 67.6 Å². The van der Waals surface area contributed by atoms with Crippen molar-refractivity contribution in [2.24, 2.45) is 0 Å². The van der Waals surface area contributed by atoms with Crippen molar-refractivity contribution in [1.82, 2.24) is 15.0 Å². The normalized spacial score (nSPS) is 11.7. The molecule has 0 saturated heterocycles. The van der Waals surface area contributed by atoms with Gasteiger partial charge in [0.25, 0.3) is 0 Å². The molecule has 0 unspecified atom stereocenters. The van der Waals surface area contributed by atoms with Gasteiger partial charge in [0, 0.05) is 47.6 Å². The summed E-state index contributed by atoms with van der Waals surface area (Å²) in [5, 5.41) is 4.48. The molecule has 0 N–H and O–H groups in total. The molecule has 0 saturated carbocycles. The van der Waals surface area contributed by atoms with Gasteiger partial charge in [-0.2, -0.15) is 0 Å². The Kier molecular flexibility index (Phi) is 4.87. The topological polar surface area (TPSA) is 51.8 Å². The first-order chi connectivity index (χ1) is 19.2. The van der Waals surface area contributed by atoms with Gasteiger partial charge in [-0.1, -0.05) is 84.4 Å². The third-order valence-electron chi connectivity index (χ3n) is 7.20. The van der Waals surface area contributed by atoms with Gasteiger partial charge >= 0.3 is 0 Å². The van der Waals surface area contributed by atoms with E-state index in [1.54, 1.807) is 11.3 Å². The fourth-order valence-corrected chi connectivity index (χ4v) is 6.55. The Hall–Kier alpha value is -4.87. The number of benzene rings is 5. The van der Waals surface area contributed by atoms with Crippen molar-refractivity contribution >= 4 is 53.4 Å². The molecule has 5 heteroatoms. The highest BCUT2D eigenvalue weighted by atomic mass is 32.1. The van der Waals surface area contributed by atoms with E-state index in [1.165, 1.54) is 25.7 Å². The maximum absolute atomic E-state index is 6.22. The van der Waals surface area contributed by atoms with E-state index >= 15 is 0 Å². The molecule has 0 aliphatic heterocycles. The first-order valence-corrected chi connectivity index (χ1v) is 13.7. The quantitative estimate of drug-likeness (QED) is 0.233. The molecule has 0 atom stereocenters. The number of furan rings is 1. The minimum atomic E-state index is 0.630. The van der Waals surface area contributed by atoms with Crippen LogP contribution in [0.4, 0.5) is 0 Å². The molecule has 8 rings (SSSR count).